The molecule has 28 heavy (non-hydrogen) atoms. The van der Waals surface area contributed by atoms with Crippen molar-refractivity contribution in [3.8, 4) is 22.8 Å². The van der Waals surface area contributed by atoms with E-state index in [0.29, 0.717) is 11.8 Å². The molecule has 2 aromatic heterocycles. The molecule has 2 heterocycles. The monoisotopic (exact) mass is 371 g/mol. The van der Waals surface area contributed by atoms with Crippen molar-refractivity contribution in [1.29, 1.82) is 0 Å². The minimum absolute atomic E-state index is 0.0475. The van der Waals surface area contributed by atoms with Gasteiger partial charge in [-0.05, 0) is 29.3 Å². The number of nitro groups is 1. The van der Waals surface area contributed by atoms with Crippen LogP contribution in [0.4, 0.5) is 5.69 Å². The van der Waals surface area contributed by atoms with E-state index in [-0.39, 0.29) is 5.69 Å². The second-order valence-electron chi connectivity index (χ2n) is 6.39. The van der Waals surface area contributed by atoms with Crippen LogP contribution in [0.1, 0.15) is 22.6 Å². The predicted octanol–water partition coefficient (Wildman–Crippen LogP) is 4.11. The zero-order chi connectivity index (χ0) is 19.1. The third-order valence-corrected chi connectivity index (χ3v) is 4.68. The van der Waals surface area contributed by atoms with Crippen LogP contribution in [0, 0.1) is 10.1 Å². The first kappa shape index (κ1) is 16.1. The molecule has 8 heteroatoms. The van der Waals surface area contributed by atoms with Crippen molar-refractivity contribution >= 4 is 17.8 Å². The number of aromatic amines is 1. The fourth-order valence-electron chi connectivity index (χ4n) is 3.31. The molecule has 8 nitrogen and oxygen atoms in total. The molecule has 136 valence electrons. The van der Waals surface area contributed by atoms with E-state index < -0.39 is 4.92 Å². The minimum atomic E-state index is -0.432. The average Bonchev–Trinajstić information content (AvgIpc) is 3.41. The molecular weight excluding hydrogens is 358 g/mol. The van der Waals surface area contributed by atoms with Crippen molar-refractivity contribution in [3.05, 3.63) is 81.2 Å². The number of nitrogens with zero attached hydrogens (tertiary/aromatic N) is 4. The van der Waals surface area contributed by atoms with Crippen LogP contribution in [0.25, 0.3) is 35.0 Å². The van der Waals surface area contributed by atoms with Crippen LogP contribution in [-0.2, 0) is 6.42 Å². The summed E-state index contributed by atoms with van der Waals surface area (Å²) in [5.74, 6) is 0.720. The summed E-state index contributed by atoms with van der Waals surface area (Å²) in [6, 6.07) is 14.4. The Balaban J connectivity index is 1.39. The van der Waals surface area contributed by atoms with Gasteiger partial charge in [0, 0.05) is 35.8 Å². The molecule has 0 fully saturated rings. The third-order valence-electron chi connectivity index (χ3n) is 4.68. The van der Waals surface area contributed by atoms with E-state index in [0.717, 1.165) is 34.5 Å². The van der Waals surface area contributed by atoms with Gasteiger partial charge in [-0.2, -0.15) is 5.10 Å². The molecule has 2 aromatic carbocycles. The maximum atomic E-state index is 10.7. The smallest absolute Gasteiger partial charge is 0.269 e. The highest BCUT2D eigenvalue weighted by Crippen LogP contribution is 2.39. The van der Waals surface area contributed by atoms with Gasteiger partial charge in [0.2, 0.25) is 5.89 Å². The van der Waals surface area contributed by atoms with Crippen molar-refractivity contribution in [2.45, 2.75) is 6.42 Å². The molecule has 0 bridgehead atoms. The lowest BCUT2D eigenvalue weighted by Crippen LogP contribution is -1.86. The van der Waals surface area contributed by atoms with Gasteiger partial charge in [-0.1, -0.05) is 24.3 Å². The van der Waals surface area contributed by atoms with Gasteiger partial charge in [0.15, 0.2) is 0 Å². The van der Waals surface area contributed by atoms with Crippen molar-refractivity contribution in [1.82, 2.24) is 20.4 Å². The van der Waals surface area contributed by atoms with E-state index in [1.54, 1.807) is 24.3 Å². The first-order valence-corrected chi connectivity index (χ1v) is 8.61. The SMILES string of the molecule is O=[N+]([O-])c1ccc(/C=C/c2nnc(-c3[nH]nc4c3Cc3ccccc3-4)o2)cc1. The Morgan fingerprint density at radius 2 is 1.89 bits per heavy atom. The Morgan fingerprint density at radius 3 is 2.71 bits per heavy atom. The van der Waals surface area contributed by atoms with Crippen LogP contribution in [-0.4, -0.2) is 25.3 Å². The van der Waals surface area contributed by atoms with Gasteiger partial charge in [-0.15, -0.1) is 10.2 Å². The Kier molecular flexibility index (Phi) is 3.61. The highest BCUT2D eigenvalue weighted by atomic mass is 16.6. The molecule has 0 atom stereocenters. The molecule has 4 aromatic rings. The van der Waals surface area contributed by atoms with Gasteiger partial charge in [-0.3, -0.25) is 15.2 Å². The molecule has 0 radical (unpaired) electrons. The van der Waals surface area contributed by atoms with Crippen molar-refractivity contribution < 1.29 is 9.34 Å². The largest absolute Gasteiger partial charge is 0.415 e. The molecule has 0 amide bonds. The maximum absolute atomic E-state index is 10.7. The van der Waals surface area contributed by atoms with Gasteiger partial charge in [0.25, 0.3) is 11.6 Å². The second-order valence-corrected chi connectivity index (χ2v) is 6.39. The second kappa shape index (κ2) is 6.27. The van der Waals surface area contributed by atoms with Gasteiger partial charge in [0.05, 0.1) is 10.6 Å². The number of H-pyrrole nitrogens is 1. The summed E-state index contributed by atoms with van der Waals surface area (Å²) in [5, 5.41) is 26.3. The van der Waals surface area contributed by atoms with Crippen molar-refractivity contribution in [3.63, 3.8) is 0 Å². The predicted molar refractivity (Wildman–Crippen MR) is 102 cm³/mol. The third kappa shape index (κ3) is 2.67. The van der Waals surface area contributed by atoms with Crippen LogP contribution in [0.15, 0.2) is 52.9 Å². The molecule has 0 aliphatic heterocycles. The zero-order valence-electron chi connectivity index (χ0n) is 14.5. The molecule has 0 saturated carbocycles. The highest BCUT2D eigenvalue weighted by molar-refractivity contribution is 5.79. The number of nitrogens with one attached hydrogen (secondary N) is 1. The Bertz CT molecular complexity index is 1220. The molecule has 0 unspecified atom stereocenters. The first-order chi connectivity index (χ1) is 13.7. The molecular formula is C20H13N5O3. The number of fused-ring (bicyclic) bond motifs is 3. The van der Waals surface area contributed by atoms with E-state index >= 15 is 0 Å². The lowest BCUT2D eigenvalue weighted by molar-refractivity contribution is -0.384. The fourth-order valence-corrected chi connectivity index (χ4v) is 3.31. The van der Waals surface area contributed by atoms with Crippen LogP contribution in [0.5, 0.6) is 0 Å². The van der Waals surface area contributed by atoms with E-state index in [1.807, 2.05) is 12.1 Å². The normalized spacial score (nSPS) is 12.3. The summed E-state index contributed by atoms with van der Waals surface area (Å²) in [4.78, 5) is 10.3. The number of benzene rings is 2. The first-order valence-electron chi connectivity index (χ1n) is 8.61. The Morgan fingerprint density at radius 1 is 1.07 bits per heavy atom. The summed E-state index contributed by atoms with van der Waals surface area (Å²) in [6.07, 6.45) is 4.20. The molecule has 0 saturated heterocycles. The van der Waals surface area contributed by atoms with E-state index in [2.05, 4.69) is 32.5 Å². The summed E-state index contributed by atoms with van der Waals surface area (Å²) in [7, 11) is 0. The lowest BCUT2D eigenvalue weighted by Gasteiger charge is -1.96. The quantitative estimate of drug-likeness (QED) is 0.376. The van der Waals surface area contributed by atoms with E-state index in [1.165, 1.54) is 17.7 Å². The minimum Gasteiger partial charge on any atom is -0.415 e. The molecule has 1 N–H and O–H groups in total. The summed E-state index contributed by atoms with van der Waals surface area (Å²) < 4.78 is 5.75. The molecule has 1 aliphatic rings. The standard InChI is InChI=1S/C20H13N5O3/c26-25(27)14-8-5-12(6-9-14)7-10-17-21-24-20(28-17)19-16-11-13-3-1-2-4-15(13)18(16)22-23-19/h1-10H,11H2,(H,22,23)/b10-7+. The number of rotatable bonds is 4. The number of hydrogen-bond acceptors (Lipinski definition) is 6. The zero-order valence-corrected chi connectivity index (χ0v) is 14.5. The lowest BCUT2D eigenvalue weighted by atomic mass is 10.1. The Labute approximate surface area is 158 Å². The van der Waals surface area contributed by atoms with Crippen LogP contribution in [0.2, 0.25) is 0 Å². The van der Waals surface area contributed by atoms with Crippen LogP contribution >= 0.6 is 0 Å². The van der Waals surface area contributed by atoms with Crippen LogP contribution < -0.4 is 0 Å². The maximum Gasteiger partial charge on any atom is 0.269 e. The molecule has 0 spiro atoms. The number of hydrogen-bond donors (Lipinski definition) is 1. The molecule has 5 rings (SSSR count). The van der Waals surface area contributed by atoms with Crippen molar-refractivity contribution in [2.24, 2.45) is 0 Å². The fraction of sp³-hybridized carbons (Fsp3) is 0.0500. The number of aromatic nitrogens is 4. The number of non-ortho nitro benzene ring substituents is 1. The number of nitro benzene ring substituents is 1. The van der Waals surface area contributed by atoms with Gasteiger partial charge in [-0.25, -0.2) is 0 Å². The Hall–Kier alpha value is -4.07. The van der Waals surface area contributed by atoms with Crippen LogP contribution in [0.3, 0.4) is 0 Å². The summed E-state index contributed by atoms with van der Waals surface area (Å²) in [5.41, 5.74) is 5.90. The summed E-state index contributed by atoms with van der Waals surface area (Å²) in [6.45, 7) is 0. The van der Waals surface area contributed by atoms with E-state index in [9.17, 15) is 10.1 Å². The summed E-state index contributed by atoms with van der Waals surface area (Å²) >= 11 is 0. The highest BCUT2D eigenvalue weighted by Gasteiger charge is 2.27. The molecule has 1 aliphatic carbocycles. The van der Waals surface area contributed by atoms with Gasteiger partial charge in [0.1, 0.15) is 5.69 Å². The van der Waals surface area contributed by atoms with E-state index in [4.69, 9.17) is 4.42 Å². The topological polar surface area (TPSA) is 111 Å². The van der Waals surface area contributed by atoms with Crippen molar-refractivity contribution in [2.75, 3.05) is 0 Å². The van der Waals surface area contributed by atoms with Gasteiger partial charge < -0.3 is 4.42 Å². The average molecular weight is 371 g/mol. The van der Waals surface area contributed by atoms with Gasteiger partial charge >= 0.3 is 0 Å².